The summed E-state index contributed by atoms with van der Waals surface area (Å²) in [4.78, 5) is 17.9. The summed E-state index contributed by atoms with van der Waals surface area (Å²) in [5, 5.41) is -1.26. The molecular formula is C23H17F7N2O3S. The number of benzene rings is 2. The number of carbonyl (C=O) groups is 1. The number of aromatic nitrogens is 1. The number of carbonyl (C=O) groups excluding carboxylic acids is 1. The molecule has 1 unspecified atom stereocenters. The molecule has 0 bridgehead atoms. The Morgan fingerprint density at radius 1 is 0.944 bits per heavy atom. The smallest absolute Gasteiger partial charge is 0.305 e. The molecule has 192 valence electrons. The van der Waals surface area contributed by atoms with Crippen LogP contribution in [-0.2, 0) is 23.1 Å². The zero-order chi connectivity index (χ0) is 26.8. The zero-order valence-electron chi connectivity index (χ0n) is 18.3. The molecule has 3 rings (SSSR count). The molecular weight excluding hydrogens is 517 g/mol. The van der Waals surface area contributed by atoms with E-state index in [1.807, 2.05) is 0 Å². The van der Waals surface area contributed by atoms with Gasteiger partial charge in [0.25, 0.3) is 5.91 Å². The van der Waals surface area contributed by atoms with E-state index in [0.29, 0.717) is 4.90 Å². The molecule has 36 heavy (non-hydrogen) atoms. The molecule has 1 aromatic heterocycles. The maximum absolute atomic E-state index is 14.5. The van der Waals surface area contributed by atoms with Crippen LogP contribution in [0.2, 0.25) is 0 Å². The van der Waals surface area contributed by atoms with E-state index < -0.39 is 63.3 Å². The van der Waals surface area contributed by atoms with Gasteiger partial charge in [-0.1, -0.05) is 18.2 Å². The third-order valence-electron chi connectivity index (χ3n) is 5.14. The number of anilines is 1. The molecule has 0 radical (unpaired) electrons. The summed E-state index contributed by atoms with van der Waals surface area (Å²) < 4.78 is 118. The predicted molar refractivity (Wildman–Crippen MR) is 118 cm³/mol. The molecule has 1 atom stereocenters. The summed E-state index contributed by atoms with van der Waals surface area (Å²) in [5.41, 5.74) is -4.66. The van der Waals surface area contributed by atoms with E-state index in [2.05, 4.69) is 4.98 Å². The van der Waals surface area contributed by atoms with Gasteiger partial charge < -0.3 is 4.90 Å². The molecule has 5 nitrogen and oxygen atoms in total. The van der Waals surface area contributed by atoms with Crippen molar-refractivity contribution in [1.82, 2.24) is 4.98 Å². The average Bonchev–Trinajstić information content (AvgIpc) is 2.81. The molecule has 0 N–H and O–H groups in total. The molecule has 0 saturated heterocycles. The van der Waals surface area contributed by atoms with Gasteiger partial charge in [-0.25, -0.2) is 12.8 Å². The van der Waals surface area contributed by atoms with E-state index in [-0.39, 0.29) is 35.0 Å². The summed E-state index contributed by atoms with van der Waals surface area (Å²) in [7, 11) is -3.15. The highest BCUT2D eigenvalue weighted by atomic mass is 32.2. The molecule has 0 aliphatic heterocycles. The maximum atomic E-state index is 14.5. The van der Waals surface area contributed by atoms with Crippen molar-refractivity contribution in [3.63, 3.8) is 0 Å². The van der Waals surface area contributed by atoms with Crippen LogP contribution in [0.15, 0.2) is 60.9 Å². The molecule has 0 saturated carbocycles. The van der Waals surface area contributed by atoms with Crippen LogP contribution >= 0.6 is 0 Å². The Labute approximate surface area is 202 Å². The third kappa shape index (κ3) is 6.01. The highest BCUT2D eigenvalue weighted by Gasteiger charge is 2.38. The van der Waals surface area contributed by atoms with E-state index in [1.54, 1.807) is 0 Å². The van der Waals surface area contributed by atoms with Gasteiger partial charge in [0.1, 0.15) is 16.5 Å². The van der Waals surface area contributed by atoms with Crippen LogP contribution in [0.25, 0.3) is 11.1 Å². The predicted octanol–water partition coefficient (Wildman–Crippen LogP) is 5.57. The molecule has 13 heteroatoms. The number of amides is 1. The average molecular weight is 534 g/mol. The first kappa shape index (κ1) is 27.1. The molecule has 2 aromatic carbocycles. The van der Waals surface area contributed by atoms with Crippen LogP contribution in [0.5, 0.6) is 0 Å². The Morgan fingerprint density at radius 2 is 1.53 bits per heavy atom. The molecule has 0 aliphatic carbocycles. The van der Waals surface area contributed by atoms with Gasteiger partial charge in [0.05, 0.1) is 28.3 Å². The normalized spacial score (nSPS) is 13.0. The summed E-state index contributed by atoms with van der Waals surface area (Å²) in [6.45, 7) is 0.542. The van der Waals surface area contributed by atoms with Crippen molar-refractivity contribution in [3.8, 4) is 11.1 Å². The van der Waals surface area contributed by atoms with Crippen molar-refractivity contribution >= 4 is 22.3 Å². The van der Waals surface area contributed by atoms with Gasteiger partial charge >= 0.3 is 12.4 Å². The molecule has 0 spiro atoms. The number of rotatable bonds is 6. The van der Waals surface area contributed by atoms with Gasteiger partial charge in [-0.15, -0.1) is 0 Å². The van der Waals surface area contributed by atoms with Crippen molar-refractivity contribution in [2.24, 2.45) is 0 Å². The maximum Gasteiger partial charge on any atom is 0.416 e. The summed E-state index contributed by atoms with van der Waals surface area (Å²) in [6.07, 6.45) is -8.14. The molecule has 1 amide bonds. The van der Waals surface area contributed by atoms with Crippen LogP contribution in [0.3, 0.4) is 0 Å². The lowest BCUT2D eigenvalue weighted by molar-refractivity contribution is -0.143. The van der Waals surface area contributed by atoms with Crippen molar-refractivity contribution in [3.05, 3.63) is 83.4 Å². The standard InChI is InChI=1S/C23H17F7N2O3S/c1-13(36(34)35)12-32(20-11-31-7-6-18(20)17-4-2-3-5-19(17)24)21(33)14-8-15(22(25,26)27)10-16(9-14)23(28,29)30/h2-11,13,36H,12H2,1H3. The van der Waals surface area contributed by atoms with Gasteiger partial charge in [0.15, 0.2) is 0 Å². The Morgan fingerprint density at radius 3 is 2.06 bits per heavy atom. The molecule has 0 aliphatic rings. The Kier molecular flexibility index (Phi) is 7.72. The van der Waals surface area contributed by atoms with Gasteiger partial charge in [-0.05, 0) is 37.3 Å². The minimum atomic E-state index is -5.21. The summed E-state index contributed by atoms with van der Waals surface area (Å²) in [5.74, 6) is -2.10. The number of hydrogen-bond donors (Lipinski definition) is 1. The van der Waals surface area contributed by atoms with Crippen molar-refractivity contribution in [2.75, 3.05) is 11.4 Å². The topological polar surface area (TPSA) is 67.3 Å². The number of hydrogen-bond acceptors (Lipinski definition) is 4. The van der Waals surface area contributed by atoms with Crippen LogP contribution in [0.1, 0.15) is 28.4 Å². The first-order valence-electron chi connectivity index (χ1n) is 10.1. The first-order valence-corrected chi connectivity index (χ1v) is 11.4. The van der Waals surface area contributed by atoms with Crippen LogP contribution in [-0.4, -0.2) is 31.1 Å². The van der Waals surface area contributed by atoms with Crippen molar-refractivity contribution in [1.29, 1.82) is 0 Å². The monoisotopic (exact) mass is 534 g/mol. The Bertz CT molecular complexity index is 1310. The number of nitrogens with zero attached hydrogens (tertiary/aromatic N) is 2. The van der Waals surface area contributed by atoms with E-state index in [9.17, 15) is 43.9 Å². The highest BCUT2D eigenvalue weighted by molar-refractivity contribution is 7.73. The summed E-state index contributed by atoms with van der Waals surface area (Å²) >= 11 is 0. The second kappa shape index (κ2) is 10.2. The van der Waals surface area contributed by atoms with E-state index in [1.165, 1.54) is 37.4 Å². The van der Waals surface area contributed by atoms with Crippen LogP contribution < -0.4 is 4.90 Å². The highest BCUT2D eigenvalue weighted by Crippen LogP contribution is 2.38. The van der Waals surface area contributed by atoms with Gasteiger partial charge in [0, 0.05) is 29.4 Å². The lowest BCUT2D eigenvalue weighted by atomic mass is 10.0. The third-order valence-corrected chi connectivity index (χ3v) is 6.02. The van der Waals surface area contributed by atoms with Crippen molar-refractivity contribution < 1.29 is 43.9 Å². The van der Waals surface area contributed by atoms with Crippen LogP contribution in [0, 0.1) is 5.82 Å². The van der Waals surface area contributed by atoms with Crippen molar-refractivity contribution in [2.45, 2.75) is 24.5 Å². The Balaban J connectivity index is 2.25. The number of halogens is 7. The fourth-order valence-corrected chi connectivity index (χ4v) is 3.66. The first-order chi connectivity index (χ1) is 16.7. The van der Waals surface area contributed by atoms with Crippen LogP contribution in [0.4, 0.5) is 36.4 Å². The SMILES string of the molecule is CC(CN(C(=O)c1cc(C(F)(F)F)cc(C(F)(F)F)c1)c1cnccc1-c1ccccc1F)[SH](=O)=O. The lowest BCUT2D eigenvalue weighted by Gasteiger charge is -2.27. The number of pyridine rings is 1. The largest absolute Gasteiger partial charge is 0.416 e. The van der Waals surface area contributed by atoms with Gasteiger partial charge in [0.2, 0.25) is 0 Å². The number of alkyl halides is 6. The molecule has 1 heterocycles. The Hall–Kier alpha value is -3.48. The van der Waals surface area contributed by atoms with Gasteiger partial charge in [-0.3, -0.25) is 9.78 Å². The second-order valence-electron chi connectivity index (χ2n) is 7.72. The fourth-order valence-electron chi connectivity index (χ4n) is 3.36. The van der Waals surface area contributed by atoms with E-state index >= 15 is 0 Å². The minimum absolute atomic E-state index is 0.0211. The summed E-state index contributed by atoms with van der Waals surface area (Å²) in [6, 6.07) is 6.92. The lowest BCUT2D eigenvalue weighted by Crippen LogP contribution is -2.38. The number of thiol groups is 1. The quantitative estimate of drug-likeness (QED) is 0.332. The molecule has 0 fully saturated rings. The van der Waals surface area contributed by atoms with E-state index in [4.69, 9.17) is 0 Å². The van der Waals surface area contributed by atoms with E-state index in [0.717, 1.165) is 12.3 Å². The zero-order valence-corrected chi connectivity index (χ0v) is 19.2. The fraction of sp³-hybridized carbons (Fsp3) is 0.217. The minimum Gasteiger partial charge on any atom is -0.305 e. The molecule has 3 aromatic rings. The second-order valence-corrected chi connectivity index (χ2v) is 9.17. The van der Waals surface area contributed by atoms with Gasteiger partial charge in [-0.2, -0.15) is 26.3 Å².